The van der Waals surface area contributed by atoms with Gasteiger partial charge in [-0.1, -0.05) is 0 Å². The second kappa shape index (κ2) is 829. The van der Waals surface area contributed by atoms with Crippen LogP contribution in [0.15, 0.2) is 0 Å². The predicted molar refractivity (Wildman–Crippen MR) is 61.1 cm³/mol. The molecule has 0 amide bonds. The molecule has 0 aromatic rings. The van der Waals surface area contributed by atoms with Crippen molar-refractivity contribution in [3.8, 4) is 0 Å². The number of hydrogen-bond acceptors (Lipinski definition) is 0. The fourth-order valence-corrected chi connectivity index (χ4v) is 0. The maximum Gasteiger partial charge on any atom is 5.00 e. The van der Waals surface area contributed by atoms with E-state index >= 15 is 0 Å². The van der Waals surface area contributed by atoms with Crippen LogP contribution in [0, 0.1) is 0 Å². The van der Waals surface area contributed by atoms with E-state index < -0.39 is 0 Å². The van der Waals surface area contributed by atoms with Crippen LogP contribution < -0.4 is 0 Å². The molecule has 0 bridgehead atoms. The monoisotopic (exact) mass is 1280 g/mol. The van der Waals surface area contributed by atoms with Gasteiger partial charge >= 0.3 is 199 Å². The van der Waals surface area contributed by atoms with E-state index in [-0.39, 0.29) is 292 Å². The van der Waals surface area contributed by atoms with Crippen molar-refractivity contribution in [1.82, 2.24) is 0 Å². The molecule has 26 heavy (non-hydrogen) atoms. The van der Waals surface area contributed by atoms with E-state index in [0.29, 0.717) is 0 Å². The molecule has 0 fully saturated rings. The molecule has 0 aromatic heterocycles. The van der Waals surface area contributed by atoms with E-state index in [2.05, 4.69) is 0 Å². The molecule has 0 rings (SSSR count). The minimum atomic E-state index is 0. The fraction of sp³-hybridized carbons (Fsp3) is 0. The first kappa shape index (κ1) is 914. The van der Waals surface area contributed by atoms with E-state index in [9.17, 15) is 0 Å². The smallest absolute Gasteiger partial charge is 3.00 e. The SMILES string of the molecule is [Al+3].[Al+3].[Al+3].[Al+3].[Al+3].[N-3].[N-3].[N-3].[N-3].[N-3].[N-3].[N-3].[N-3].[O-2].[O-2].[O-2].[O-2].[O-2].[O-2].[O-2].[O-2].[Ta+5].[Ta+5].[Ta+5].[Ta+5].[Ta+5]. The molecule has 0 heterocycles. The van der Waals surface area contributed by atoms with Gasteiger partial charge < -0.3 is 93.0 Å². The van der Waals surface area contributed by atoms with Crippen molar-refractivity contribution in [1.29, 1.82) is 0 Å². The van der Waals surface area contributed by atoms with Crippen molar-refractivity contribution in [3.63, 3.8) is 0 Å². The normalized spacial score (nSPS) is 0. The number of nitrogens with zero attached hydrogens (tertiary/aromatic N) is 8. The van der Waals surface area contributed by atoms with Crippen molar-refractivity contribution >= 4 is 86.8 Å². The average Bonchev–Trinajstić information content (AvgIpc) is 0. The third-order valence-corrected chi connectivity index (χ3v) is 0. The van der Waals surface area contributed by atoms with E-state index in [0.717, 1.165) is 0 Å². The molecular weight excluding hydrogens is 1280 g/mol. The van der Waals surface area contributed by atoms with Crippen LogP contribution in [0.25, 0.3) is 49.2 Å². The van der Waals surface area contributed by atoms with Crippen LogP contribution in [0.1, 0.15) is 0 Å². The van der Waals surface area contributed by atoms with Gasteiger partial charge in [0.2, 0.25) is 0 Å². The molecule has 0 aliphatic rings. The third kappa shape index (κ3) is 749. The molecule has 128 valence electrons. The Hall–Kier alpha value is 5.72. The molecule has 26 heteroatoms. The summed E-state index contributed by atoms with van der Waals surface area (Å²) in [7, 11) is 0. The standard InChI is InChI=1S/5Al.8N.8O.5Ta/q5*+3;8*-3;8*-2;5*+5. The van der Waals surface area contributed by atoms with Crippen LogP contribution in [0.2, 0.25) is 0 Å². The van der Waals surface area contributed by atoms with Gasteiger partial charge in [0.05, 0.1) is 0 Å². The van der Waals surface area contributed by atoms with Gasteiger partial charge in [-0.25, -0.2) is 0 Å². The Morgan fingerprint density at radius 3 is 0.154 bits per heavy atom. The second-order valence-electron chi connectivity index (χ2n) is 0. The molecule has 0 aromatic carbocycles. The van der Waals surface area contributed by atoms with Crippen LogP contribution >= 0.6 is 0 Å². The largest absolute Gasteiger partial charge is 5.00 e. The van der Waals surface area contributed by atoms with Gasteiger partial charge in [-0.3, -0.25) is 0 Å². The second-order valence-corrected chi connectivity index (χ2v) is 0. The van der Waals surface area contributed by atoms with Crippen LogP contribution in [0.5, 0.6) is 0 Å². The van der Waals surface area contributed by atoms with Gasteiger partial charge in [0.15, 0.2) is 0 Å². The maximum atomic E-state index is 0. The molecule has 0 aliphatic heterocycles. The van der Waals surface area contributed by atoms with Crippen molar-refractivity contribution in [3.05, 3.63) is 49.2 Å². The Bertz CT molecular complexity index is 51.0. The van der Waals surface area contributed by atoms with E-state index in [1.165, 1.54) is 0 Å². The summed E-state index contributed by atoms with van der Waals surface area (Å²) in [6.07, 6.45) is 0. The van der Waals surface area contributed by atoms with Gasteiger partial charge in [-0.2, -0.15) is 0 Å². The summed E-state index contributed by atoms with van der Waals surface area (Å²) >= 11 is 0. The predicted octanol–water partition coefficient (Wildman–Crippen LogP) is -0.557. The summed E-state index contributed by atoms with van der Waals surface area (Å²) in [5.41, 5.74) is 0. The summed E-state index contributed by atoms with van der Waals surface area (Å²) in [6.45, 7) is 0. The molecule has 0 unspecified atom stereocenters. The number of hydrogen-bond donors (Lipinski definition) is 0. The summed E-state index contributed by atoms with van der Waals surface area (Å²) in [6, 6.07) is 0. The Morgan fingerprint density at radius 1 is 0.154 bits per heavy atom. The fourth-order valence-electron chi connectivity index (χ4n) is 0. The minimum absolute atomic E-state index is 0. The first-order valence-electron chi connectivity index (χ1n) is 0. The molecule has 0 radical (unpaired) electrons. The first-order valence-corrected chi connectivity index (χ1v) is 0. The molecule has 0 atom stereocenters. The zero-order valence-electron chi connectivity index (χ0n) is 12.0. The van der Waals surface area contributed by atoms with Gasteiger partial charge in [0.1, 0.15) is 0 Å². The van der Waals surface area contributed by atoms with Crippen LogP contribution in [0.3, 0.4) is 0 Å². The summed E-state index contributed by atoms with van der Waals surface area (Å²) in [5.74, 6) is 0. The average molecular weight is 1280 g/mol. The summed E-state index contributed by atoms with van der Waals surface area (Å²) in [5, 5.41) is 0. The van der Waals surface area contributed by atoms with Crippen molar-refractivity contribution in [2.24, 2.45) is 0 Å². The first-order chi connectivity index (χ1) is 0. The van der Waals surface area contributed by atoms with Gasteiger partial charge in [-0.15, -0.1) is 0 Å². The van der Waals surface area contributed by atoms with Gasteiger partial charge in [-0.05, 0) is 0 Å². The van der Waals surface area contributed by atoms with Crippen molar-refractivity contribution in [2.75, 3.05) is 0 Å². The Balaban J connectivity index is 0. The van der Waals surface area contributed by atoms with Crippen LogP contribution in [-0.2, 0) is 156 Å². The van der Waals surface area contributed by atoms with E-state index in [4.69, 9.17) is 0 Å². The molecule has 0 spiro atoms. The van der Waals surface area contributed by atoms with E-state index in [1.807, 2.05) is 0 Å². The van der Waals surface area contributed by atoms with Gasteiger partial charge in [0.25, 0.3) is 0 Å². The molecule has 0 N–H and O–H groups in total. The Labute approximate surface area is 287 Å². The Morgan fingerprint density at radius 2 is 0.154 bits per heavy atom. The summed E-state index contributed by atoms with van der Waals surface area (Å²) in [4.78, 5) is 0. The quantitative estimate of drug-likeness (QED) is 0.276. The molecule has 0 aliphatic carbocycles. The third-order valence-electron chi connectivity index (χ3n) is 0. The molecule has 16 nitrogen and oxygen atoms in total. The molecule has 0 saturated heterocycles. The Kier molecular flexibility index (Phi) is 29100. The molecule has 0 saturated carbocycles. The summed E-state index contributed by atoms with van der Waals surface area (Å²) < 4.78 is 0. The van der Waals surface area contributed by atoms with E-state index in [1.54, 1.807) is 0 Å². The maximum absolute atomic E-state index is 0. The minimum Gasteiger partial charge on any atom is -3.00 e. The zero-order chi connectivity index (χ0) is 0. The van der Waals surface area contributed by atoms with Crippen LogP contribution in [0.4, 0.5) is 0 Å². The van der Waals surface area contributed by atoms with Crippen LogP contribution in [-0.4, -0.2) is 86.8 Å². The van der Waals surface area contributed by atoms with Crippen molar-refractivity contribution in [2.45, 2.75) is 0 Å². The molecular formula is Al5N8O8Ta5. The van der Waals surface area contributed by atoms with Crippen molar-refractivity contribution < 1.29 is 156 Å². The number of rotatable bonds is 0. The van der Waals surface area contributed by atoms with Gasteiger partial charge in [0, 0.05) is 0 Å². The topological polar surface area (TPSA) is 472 Å². The zero-order valence-corrected chi connectivity index (χ0v) is 33.8.